The zero-order chi connectivity index (χ0) is 10.6. The summed E-state index contributed by atoms with van der Waals surface area (Å²) in [6.07, 6.45) is 3.28. The van der Waals surface area contributed by atoms with Gasteiger partial charge in [0.25, 0.3) is 0 Å². The first-order valence-electron chi connectivity index (χ1n) is 4.36. The quantitative estimate of drug-likeness (QED) is 0.539. The molecule has 1 aromatic rings. The maximum Gasteiger partial charge on any atom is 0.150 e. The van der Waals surface area contributed by atoms with Crippen LogP contribution in [-0.2, 0) is 4.79 Å². The highest BCUT2D eigenvalue weighted by Crippen LogP contribution is 2.13. The third kappa shape index (κ3) is 2.39. The second-order valence-corrected chi connectivity index (χ2v) is 3.26. The maximum absolute atomic E-state index is 10.7. The number of carbonyl (C=O) groups excluding carboxylic acids is 2. The van der Waals surface area contributed by atoms with Crippen molar-refractivity contribution < 1.29 is 9.59 Å². The second kappa shape index (κ2) is 4.51. The molecule has 0 atom stereocenters. The lowest BCUT2D eigenvalue weighted by molar-refractivity contribution is -0.104. The molecule has 72 valence electrons. The van der Waals surface area contributed by atoms with Gasteiger partial charge in [-0.15, -0.1) is 0 Å². The Morgan fingerprint density at radius 2 is 1.93 bits per heavy atom. The Morgan fingerprint density at radius 3 is 2.50 bits per heavy atom. The number of aldehydes is 2. The van der Waals surface area contributed by atoms with Gasteiger partial charge in [-0.05, 0) is 31.1 Å². The molecular formula is C12H12O2. The minimum Gasteiger partial charge on any atom is -0.298 e. The van der Waals surface area contributed by atoms with E-state index in [0.29, 0.717) is 11.1 Å². The van der Waals surface area contributed by atoms with E-state index in [4.69, 9.17) is 0 Å². The van der Waals surface area contributed by atoms with Gasteiger partial charge in [-0.3, -0.25) is 9.59 Å². The summed E-state index contributed by atoms with van der Waals surface area (Å²) < 4.78 is 0. The van der Waals surface area contributed by atoms with Crippen molar-refractivity contribution in [1.82, 2.24) is 0 Å². The minimum atomic E-state index is 0.608. The molecular weight excluding hydrogens is 176 g/mol. The molecule has 0 aliphatic heterocycles. The zero-order valence-electron chi connectivity index (χ0n) is 8.28. The summed E-state index contributed by atoms with van der Waals surface area (Å²) in [7, 11) is 0. The van der Waals surface area contributed by atoms with Crippen LogP contribution >= 0.6 is 0 Å². The van der Waals surface area contributed by atoms with E-state index in [9.17, 15) is 9.59 Å². The lowest BCUT2D eigenvalue weighted by Gasteiger charge is -2.01. The summed E-state index contributed by atoms with van der Waals surface area (Å²) in [5.41, 5.74) is 3.08. The average molecular weight is 188 g/mol. The molecule has 0 amide bonds. The first-order chi connectivity index (χ1) is 6.67. The van der Waals surface area contributed by atoms with Gasteiger partial charge < -0.3 is 0 Å². The fourth-order valence-corrected chi connectivity index (χ4v) is 1.21. The zero-order valence-corrected chi connectivity index (χ0v) is 8.28. The van der Waals surface area contributed by atoms with Crippen molar-refractivity contribution in [3.05, 3.63) is 40.5 Å². The smallest absolute Gasteiger partial charge is 0.150 e. The Labute approximate surface area is 83.3 Å². The molecule has 0 N–H and O–H groups in total. The minimum absolute atomic E-state index is 0.608. The van der Waals surface area contributed by atoms with E-state index < -0.39 is 0 Å². The van der Waals surface area contributed by atoms with Gasteiger partial charge in [0, 0.05) is 5.56 Å². The number of carbonyl (C=O) groups is 2. The summed E-state index contributed by atoms with van der Waals surface area (Å²) >= 11 is 0. The van der Waals surface area contributed by atoms with Gasteiger partial charge in [0.2, 0.25) is 0 Å². The first-order valence-corrected chi connectivity index (χ1v) is 4.36. The topological polar surface area (TPSA) is 34.1 Å². The number of allylic oxidation sites excluding steroid dienone is 1. The van der Waals surface area contributed by atoms with Crippen molar-refractivity contribution in [2.45, 2.75) is 13.8 Å². The van der Waals surface area contributed by atoms with Crippen LogP contribution in [-0.4, -0.2) is 12.6 Å². The molecule has 0 heterocycles. The molecule has 0 saturated heterocycles. The SMILES string of the molecule is C/C(C=O)=C\c1cc(C)ccc1C=O. The molecule has 0 aliphatic carbocycles. The van der Waals surface area contributed by atoms with E-state index >= 15 is 0 Å². The van der Waals surface area contributed by atoms with Crippen LogP contribution in [0.2, 0.25) is 0 Å². The maximum atomic E-state index is 10.7. The monoisotopic (exact) mass is 188 g/mol. The van der Waals surface area contributed by atoms with Crippen LogP contribution in [0.1, 0.15) is 28.4 Å². The van der Waals surface area contributed by atoms with Crippen molar-refractivity contribution in [3.63, 3.8) is 0 Å². The fourth-order valence-electron chi connectivity index (χ4n) is 1.21. The standard InChI is InChI=1S/C12H12O2/c1-9-3-4-11(8-14)12(5-9)6-10(2)7-13/h3-8H,1-2H3/b10-6+. The average Bonchev–Trinajstić information content (AvgIpc) is 2.18. The van der Waals surface area contributed by atoms with Crippen LogP contribution in [0.25, 0.3) is 6.08 Å². The highest BCUT2D eigenvalue weighted by atomic mass is 16.1. The van der Waals surface area contributed by atoms with Crippen molar-refractivity contribution in [2.24, 2.45) is 0 Å². The number of hydrogen-bond donors (Lipinski definition) is 0. The molecule has 0 radical (unpaired) electrons. The van der Waals surface area contributed by atoms with E-state index in [1.165, 1.54) is 0 Å². The predicted octanol–water partition coefficient (Wildman–Crippen LogP) is 2.41. The van der Waals surface area contributed by atoms with Gasteiger partial charge in [0.05, 0.1) is 0 Å². The molecule has 1 aromatic carbocycles. The van der Waals surface area contributed by atoms with Gasteiger partial charge >= 0.3 is 0 Å². The molecule has 14 heavy (non-hydrogen) atoms. The molecule has 0 bridgehead atoms. The molecule has 0 fully saturated rings. The molecule has 0 spiro atoms. The normalized spacial score (nSPS) is 11.1. The number of aryl methyl sites for hydroxylation is 1. The van der Waals surface area contributed by atoms with E-state index in [1.54, 1.807) is 19.1 Å². The van der Waals surface area contributed by atoms with Crippen LogP contribution in [0, 0.1) is 6.92 Å². The molecule has 0 aromatic heterocycles. The summed E-state index contributed by atoms with van der Waals surface area (Å²) in [6, 6.07) is 5.51. The van der Waals surface area contributed by atoms with Gasteiger partial charge in [-0.2, -0.15) is 0 Å². The van der Waals surface area contributed by atoms with Crippen LogP contribution < -0.4 is 0 Å². The van der Waals surface area contributed by atoms with Gasteiger partial charge in [-0.25, -0.2) is 0 Å². The van der Waals surface area contributed by atoms with Gasteiger partial charge in [0.15, 0.2) is 6.29 Å². The third-order valence-electron chi connectivity index (χ3n) is 1.94. The molecule has 0 unspecified atom stereocenters. The van der Waals surface area contributed by atoms with Crippen LogP contribution in [0.4, 0.5) is 0 Å². The Morgan fingerprint density at radius 1 is 1.21 bits per heavy atom. The molecule has 2 nitrogen and oxygen atoms in total. The molecule has 0 saturated carbocycles. The lowest BCUT2D eigenvalue weighted by atomic mass is 10.0. The van der Waals surface area contributed by atoms with E-state index in [0.717, 1.165) is 23.7 Å². The second-order valence-electron chi connectivity index (χ2n) is 3.26. The van der Waals surface area contributed by atoms with Crippen molar-refractivity contribution in [2.75, 3.05) is 0 Å². The summed E-state index contributed by atoms with van der Waals surface area (Å²) in [4.78, 5) is 21.1. The van der Waals surface area contributed by atoms with Gasteiger partial charge in [0.1, 0.15) is 6.29 Å². The third-order valence-corrected chi connectivity index (χ3v) is 1.94. The highest BCUT2D eigenvalue weighted by molar-refractivity contribution is 5.87. The van der Waals surface area contributed by atoms with Crippen molar-refractivity contribution in [3.8, 4) is 0 Å². The van der Waals surface area contributed by atoms with E-state index in [1.807, 2.05) is 19.1 Å². The Balaban J connectivity index is 3.23. The highest BCUT2D eigenvalue weighted by Gasteiger charge is 1.99. The van der Waals surface area contributed by atoms with Gasteiger partial charge in [-0.1, -0.05) is 23.8 Å². The van der Waals surface area contributed by atoms with E-state index in [2.05, 4.69) is 0 Å². The Kier molecular flexibility index (Phi) is 3.35. The Bertz CT molecular complexity index is 389. The lowest BCUT2D eigenvalue weighted by Crippen LogP contribution is -1.88. The van der Waals surface area contributed by atoms with Crippen LogP contribution in [0.15, 0.2) is 23.8 Å². The van der Waals surface area contributed by atoms with Crippen molar-refractivity contribution >= 4 is 18.6 Å². The molecule has 2 heteroatoms. The van der Waals surface area contributed by atoms with Crippen LogP contribution in [0.5, 0.6) is 0 Å². The molecule has 1 rings (SSSR count). The fraction of sp³-hybridized carbons (Fsp3) is 0.167. The Hall–Kier alpha value is -1.70. The summed E-state index contributed by atoms with van der Waals surface area (Å²) in [5.74, 6) is 0. The number of rotatable bonds is 3. The largest absolute Gasteiger partial charge is 0.298 e. The molecule has 0 aliphatic rings. The van der Waals surface area contributed by atoms with Crippen molar-refractivity contribution in [1.29, 1.82) is 0 Å². The number of benzene rings is 1. The summed E-state index contributed by atoms with van der Waals surface area (Å²) in [6.45, 7) is 3.66. The summed E-state index contributed by atoms with van der Waals surface area (Å²) in [5, 5.41) is 0. The van der Waals surface area contributed by atoms with Crippen LogP contribution in [0.3, 0.4) is 0 Å². The van der Waals surface area contributed by atoms with E-state index in [-0.39, 0.29) is 0 Å². The first kappa shape index (κ1) is 10.4. The number of hydrogen-bond acceptors (Lipinski definition) is 2. The predicted molar refractivity (Wildman–Crippen MR) is 56.3 cm³/mol.